The van der Waals surface area contributed by atoms with Gasteiger partial charge in [0.1, 0.15) is 5.69 Å². The second-order valence-corrected chi connectivity index (χ2v) is 19.3. The highest BCUT2D eigenvalue weighted by atomic mass is 32.2. The summed E-state index contributed by atoms with van der Waals surface area (Å²) in [5.41, 5.74) is 3.63. The average Bonchev–Trinajstić information content (AvgIpc) is 3.16. The highest BCUT2D eigenvalue weighted by Gasteiger charge is 2.50. The molecule has 3 aromatic rings. The first kappa shape index (κ1) is 40.2. The summed E-state index contributed by atoms with van der Waals surface area (Å²) in [7, 11) is -2.15. The summed E-state index contributed by atoms with van der Waals surface area (Å²) in [6, 6.07) is 20.6. The van der Waals surface area contributed by atoms with Gasteiger partial charge in [-0.25, -0.2) is 13.1 Å². The zero-order valence-corrected chi connectivity index (χ0v) is 34.1. The van der Waals surface area contributed by atoms with Crippen molar-refractivity contribution >= 4 is 33.0 Å². The van der Waals surface area contributed by atoms with Crippen molar-refractivity contribution in [3.8, 4) is 0 Å². The molecule has 2 saturated heterocycles. The molecule has 1 atom stereocenters. The molecule has 13 heteroatoms. The number of nitrogens with zero attached hydrogens (tertiary/aromatic N) is 4. The molecule has 0 radical (unpaired) electrons. The van der Waals surface area contributed by atoms with Crippen molar-refractivity contribution in [1.82, 2.24) is 14.5 Å². The molecule has 2 heterocycles. The minimum atomic E-state index is -4.39. The Balaban J connectivity index is 0.924. The fourth-order valence-electron chi connectivity index (χ4n) is 9.61. The summed E-state index contributed by atoms with van der Waals surface area (Å²) < 4.78 is 28.6. The number of hydrogen-bond acceptors (Lipinski definition) is 10. The summed E-state index contributed by atoms with van der Waals surface area (Å²) >= 11 is 0. The predicted molar refractivity (Wildman–Crippen MR) is 220 cm³/mol. The van der Waals surface area contributed by atoms with E-state index in [4.69, 9.17) is 0 Å². The van der Waals surface area contributed by atoms with Gasteiger partial charge in [0.15, 0.2) is 0 Å². The first-order valence-corrected chi connectivity index (χ1v) is 21.8. The number of benzene rings is 3. The van der Waals surface area contributed by atoms with Crippen molar-refractivity contribution in [2.45, 2.75) is 101 Å². The van der Waals surface area contributed by atoms with E-state index in [1.807, 2.05) is 19.1 Å². The Morgan fingerprint density at radius 2 is 1.64 bits per heavy atom. The molecular formula is C43H58N6O6S. The molecule has 56 heavy (non-hydrogen) atoms. The lowest BCUT2D eigenvalue weighted by atomic mass is 9.59. The van der Waals surface area contributed by atoms with Gasteiger partial charge in [0.2, 0.25) is 0 Å². The number of nitro groups is 1. The molecule has 2 saturated carbocycles. The van der Waals surface area contributed by atoms with Gasteiger partial charge in [-0.2, -0.15) is 0 Å². The number of likely N-dealkylation sites (N-methyl/N-ethyl adjacent to an activating group) is 1. The minimum Gasteiger partial charge on any atom is -0.390 e. The fourth-order valence-corrected chi connectivity index (χ4v) is 10.6. The number of amides is 1. The second kappa shape index (κ2) is 16.1. The number of sulfonamides is 1. The van der Waals surface area contributed by atoms with Gasteiger partial charge in [-0.3, -0.25) is 19.8 Å². The van der Waals surface area contributed by atoms with Crippen molar-refractivity contribution in [3.05, 3.63) is 93.5 Å². The zero-order valence-electron chi connectivity index (χ0n) is 33.2. The van der Waals surface area contributed by atoms with Gasteiger partial charge < -0.3 is 20.2 Å². The maximum atomic E-state index is 13.2. The van der Waals surface area contributed by atoms with Crippen LogP contribution in [0.25, 0.3) is 0 Å². The van der Waals surface area contributed by atoms with Crippen LogP contribution in [0.2, 0.25) is 0 Å². The Morgan fingerprint density at radius 1 is 0.964 bits per heavy atom. The summed E-state index contributed by atoms with van der Waals surface area (Å²) in [4.78, 5) is 31.7. The first-order valence-electron chi connectivity index (χ1n) is 20.3. The summed E-state index contributed by atoms with van der Waals surface area (Å²) in [5, 5.41) is 25.2. The van der Waals surface area contributed by atoms with Crippen LogP contribution < -0.4 is 14.9 Å². The van der Waals surface area contributed by atoms with Gasteiger partial charge in [-0.1, -0.05) is 38.1 Å². The molecule has 3 aromatic carbocycles. The monoisotopic (exact) mass is 786 g/mol. The molecule has 3 N–H and O–H groups in total. The molecule has 0 bridgehead atoms. The molecule has 12 nitrogen and oxygen atoms in total. The van der Waals surface area contributed by atoms with E-state index in [9.17, 15) is 28.4 Å². The van der Waals surface area contributed by atoms with Crippen LogP contribution in [-0.4, -0.2) is 92.1 Å². The largest absolute Gasteiger partial charge is 0.390 e. The Bertz CT molecular complexity index is 1990. The molecule has 4 fully saturated rings. The van der Waals surface area contributed by atoms with Crippen LogP contribution in [-0.2, 0) is 10.0 Å². The topological polar surface area (TPSA) is 148 Å². The van der Waals surface area contributed by atoms with Gasteiger partial charge in [0.05, 0.1) is 15.4 Å². The summed E-state index contributed by atoms with van der Waals surface area (Å²) in [6.07, 6.45) is 7.60. The molecule has 0 unspecified atom stereocenters. The van der Waals surface area contributed by atoms with Crippen LogP contribution in [0.15, 0.2) is 71.6 Å². The number of carbonyl (C=O) groups excluding carboxylic acids is 1. The standard InChI is InChI=1S/C43H58N6O6S/c1-30(2)36-7-5-6-8-37(36)40-29-46(4)23-24-48(40)34-26-43(27-34)19-21-47(22-20-43)33-11-9-32(10-12-33)41(50)45-56(54,55)35-13-14-38(39(25-35)49(52)53)44-28-31-15-17-42(3,51)18-16-31/h5-14,25,30-31,34,40,44,51H,15-24,26-29H2,1-4H3,(H,45,50)/t31?,40-,42?/m0/s1. The number of nitrogens with one attached hydrogen (secondary N) is 2. The van der Waals surface area contributed by atoms with Crippen LogP contribution in [0.1, 0.15) is 106 Å². The van der Waals surface area contributed by atoms with Gasteiger partial charge in [0.25, 0.3) is 21.6 Å². The minimum absolute atomic E-state index is 0.188. The summed E-state index contributed by atoms with van der Waals surface area (Å²) in [5.74, 6) is -0.0685. The smallest absolute Gasteiger partial charge is 0.293 e. The quantitative estimate of drug-likeness (QED) is 0.138. The van der Waals surface area contributed by atoms with Crippen LogP contribution in [0.4, 0.5) is 17.1 Å². The van der Waals surface area contributed by atoms with Crippen molar-refractivity contribution in [2.75, 3.05) is 56.5 Å². The lowest BCUT2D eigenvalue weighted by molar-refractivity contribution is -0.384. The number of anilines is 2. The Kier molecular flexibility index (Phi) is 11.5. The van der Waals surface area contributed by atoms with Gasteiger partial charge in [-0.05, 0) is 130 Å². The van der Waals surface area contributed by atoms with E-state index >= 15 is 0 Å². The number of nitro benzene ring substituents is 1. The number of piperazine rings is 1. The maximum Gasteiger partial charge on any atom is 0.293 e. The van der Waals surface area contributed by atoms with Gasteiger partial charge in [0, 0.05) is 68.7 Å². The van der Waals surface area contributed by atoms with Gasteiger partial charge >= 0.3 is 0 Å². The van der Waals surface area contributed by atoms with E-state index in [2.05, 4.69) is 69.9 Å². The third-order valence-electron chi connectivity index (χ3n) is 13.2. The van der Waals surface area contributed by atoms with Crippen LogP contribution in [0, 0.1) is 21.4 Å². The Morgan fingerprint density at radius 3 is 2.30 bits per heavy atom. The van der Waals surface area contributed by atoms with Crippen molar-refractivity contribution in [2.24, 2.45) is 11.3 Å². The predicted octanol–water partition coefficient (Wildman–Crippen LogP) is 6.93. The van der Waals surface area contributed by atoms with E-state index in [0.717, 1.165) is 70.2 Å². The molecule has 1 amide bonds. The second-order valence-electron chi connectivity index (χ2n) is 17.6. The molecule has 2 aliphatic carbocycles. The number of carbonyl (C=O) groups is 1. The molecule has 1 spiro atoms. The summed E-state index contributed by atoms with van der Waals surface area (Å²) in [6.45, 7) is 12.0. The third-order valence-corrected chi connectivity index (χ3v) is 14.5. The zero-order chi connectivity index (χ0) is 39.8. The molecular weight excluding hydrogens is 729 g/mol. The molecule has 302 valence electrons. The van der Waals surface area contributed by atoms with Crippen molar-refractivity contribution in [1.29, 1.82) is 0 Å². The van der Waals surface area contributed by atoms with Crippen molar-refractivity contribution in [3.63, 3.8) is 0 Å². The number of aliphatic hydroxyl groups is 1. The van der Waals surface area contributed by atoms with Crippen LogP contribution >= 0.6 is 0 Å². The van der Waals surface area contributed by atoms with E-state index in [1.54, 1.807) is 12.1 Å². The molecule has 7 rings (SSSR count). The maximum absolute atomic E-state index is 13.2. The Labute approximate surface area is 331 Å². The highest BCUT2D eigenvalue weighted by Crippen LogP contribution is 2.53. The number of rotatable bonds is 11. The highest BCUT2D eigenvalue weighted by molar-refractivity contribution is 7.90. The van der Waals surface area contributed by atoms with E-state index in [-0.39, 0.29) is 27.8 Å². The van der Waals surface area contributed by atoms with E-state index < -0.39 is 26.5 Å². The fraction of sp³-hybridized carbons (Fsp3) is 0.558. The number of piperidine rings is 1. The first-order chi connectivity index (χ1) is 26.6. The lowest BCUT2D eigenvalue weighted by Crippen LogP contribution is -2.59. The average molecular weight is 787 g/mol. The van der Waals surface area contributed by atoms with Crippen LogP contribution in [0.5, 0.6) is 0 Å². The number of hydrogen-bond donors (Lipinski definition) is 3. The van der Waals surface area contributed by atoms with E-state index in [0.29, 0.717) is 42.8 Å². The lowest BCUT2D eigenvalue weighted by Gasteiger charge is -2.58. The van der Waals surface area contributed by atoms with Crippen molar-refractivity contribution < 1.29 is 23.2 Å². The molecule has 2 aliphatic heterocycles. The normalized spacial score (nSPS) is 24.9. The van der Waals surface area contributed by atoms with E-state index in [1.165, 1.54) is 36.1 Å². The molecule has 4 aliphatic rings. The van der Waals surface area contributed by atoms with Gasteiger partial charge in [-0.15, -0.1) is 0 Å². The Hall–Kier alpha value is -4.04. The third kappa shape index (κ3) is 8.75. The molecule has 0 aromatic heterocycles. The van der Waals surface area contributed by atoms with Crippen LogP contribution in [0.3, 0.4) is 0 Å². The SMILES string of the molecule is CC(C)c1ccccc1[C@@H]1CN(C)CCN1C1CC2(CCN(c3ccc(C(=O)NS(=O)(=O)c4ccc(NCC5CCC(C)(O)CC5)c([N+](=O)[O-])c4)cc3)CC2)C1.